The summed E-state index contributed by atoms with van der Waals surface area (Å²) in [6, 6.07) is 11.2. The van der Waals surface area contributed by atoms with Crippen LogP contribution < -0.4 is 5.32 Å². The van der Waals surface area contributed by atoms with Crippen molar-refractivity contribution < 1.29 is 9.53 Å². The fourth-order valence-corrected chi connectivity index (χ4v) is 3.79. The molecule has 1 aliphatic heterocycles. The Bertz CT molecular complexity index is 509. The Morgan fingerprint density at radius 1 is 1.26 bits per heavy atom. The standard InChI is InChI=1S/C19H28N2O2/c1-2-21-15-19(23-14-18(21)22)11-8-17(9-12-19)20-13-10-16-6-4-3-5-7-16/h3-7,17,20H,2,8-15H2,1H3. The van der Waals surface area contributed by atoms with Crippen LogP contribution >= 0.6 is 0 Å². The maximum Gasteiger partial charge on any atom is 0.248 e. The Hall–Kier alpha value is -1.39. The summed E-state index contributed by atoms with van der Waals surface area (Å²) >= 11 is 0. The molecule has 1 aromatic carbocycles. The van der Waals surface area contributed by atoms with Crippen LogP contribution in [0.5, 0.6) is 0 Å². The average Bonchev–Trinajstić information content (AvgIpc) is 2.60. The van der Waals surface area contributed by atoms with Gasteiger partial charge in [-0.1, -0.05) is 30.3 Å². The van der Waals surface area contributed by atoms with E-state index in [0.717, 1.165) is 51.7 Å². The number of hydrogen-bond acceptors (Lipinski definition) is 3. The van der Waals surface area contributed by atoms with Gasteiger partial charge in [-0.05, 0) is 51.1 Å². The molecule has 4 heteroatoms. The molecule has 1 amide bonds. The lowest BCUT2D eigenvalue weighted by Crippen LogP contribution is -2.57. The van der Waals surface area contributed by atoms with Crippen molar-refractivity contribution in [3.63, 3.8) is 0 Å². The molecule has 0 bridgehead atoms. The van der Waals surface area contributed by atoms with Gasteiger partial charge in [-0.3, -0.25) is 4.79 Å². The van der Waals surface area contributed by atoms with Crippen LogP contribution in [0.15, 0.2) is 30.3 Å². The Morgan fingerprint density at radius 2 is 2.00 bits per heavy atom. The number of amides is 1. The number of likely N-dealkylation sites (N-methyl/N-ethyl adjacent to an activating group) is 1. The van der Waals surface area contributed by atoms with Gasteiger partial charge in [0, 0.05) is 19.1 Å². The van der Waals surface area contributed by atoms with Gasteiger partial charge in [-0.25, -0.2) is 0 Å². The topological polar surface area (TPSA) is 41.6 Å². The van der Waals surface area contributed by atoms with Crippen molar-refractivity contribution >= 4 is 5.91 Å². The van der Waals surface area contributed by atoms with Gasteiger partial charge in [0.05, 0.1) is 5.60 Å². The van der Waals surface area contributed by atoms with Crippen LogP contribution in [-0.4, -0.2) is 48.7 Å². The minimum Gasteiger partial charge on any atom is -0.363 e. The first kappa shape index (κ1) is 16.5. The first-order chi connectivity index (χ1) is 11.2. The second kappa shape index (κ2) is 7.45. The van der Waals surface area contributed by atoms with E-state index < -0.39 is 0 Å². The van der Waals surface area contributed by atoms with Gasteiger partial charge in [0.15, 0.2) is 0 Å². The highest BCUT2D eigenvalue weighted by Crippen LogP contribution is 2.34. The molecular formula is C19H28N2O2. The highest BCUT2D eigenvalue weighted by Gasteiger charge is 2.41. The molecule has 1 heterocycles. The molecule has 0 aromatic heterocycles. The molecule has 0 radical (unpaired) electrons. The summed E-state index contributed by atoms with van der Waals surface area (Å²) in [5.74, 6) is 0.140. The number of ether oxygens (including phenoxy) is 1. The number of nitrogens with zero attached hydrogens (tertiary/aromatic N) is 1. The molecular weight excluding hydrogens is 288 g/mol. The van der Waals surface area contributed by atoms with Crippen LogP contribution in [0.2, 0.25) is 0 Å². The Labute approximate surface area is 139 Å². The van der Waals surface area contributed by atoms with E-state index in [9.17, 15) is 4.79 Å². The highest BCUT2D eigenvalue weighted by molar-refractivity contribution is 5.78. The zero-order valence-corrected chi connectivity index (χ0v) is 14.1. The van der Waals surface area contributed by atoms with Crippen molar-refractivity contribution in [2.75, 3.05) is 26.2 Å². The SMILES string of the molecule is CCN1CC2(CCC(NCCc3ccccc3)CC2)OCC1=O. The summed E-state index contributed by atoms with van der Waals surface area (Å²) in [4.78, 5) is 13.7. The Kier molecular flexibility index (Phi) is 5.34. The van der Waals surface area contributed by atoms with Crippen LogP contribution in [-0.2, 0) is 16.0 Å². The van der Waals surface area contributed by atoms with Crippen molar-refractivity contribution in [2.45, 2.75) is 50.7 Å². The van der Waals surface area contributed by atoms with Gasteiger partial charge in [0.1, 0.15) is 6.61 Å². The van der Waals surface area contributed by atoms with Crippen LogP contribution in [0.3, 0.4) is 0 Å². The van der Waals surface area contributed by atoms with Crippen molar-refractivity contribution in [1.29, 1.82) is 0 Å². The summed E-state index contributed by atoms with van der Waals surface area (Å²) in [6.07, 6.45) is 5.47. The molecule has 4 nitrogen and oxygen atoms in total. The third-order valence-electron chi connectivity index (χ3n) is 5.30. The van der Waals surface area contributed by atoms with Gasteiger partial charge < -0.3 is 15.0 Å². The predicted molar refractivity (Wildman–Crippen MR) is 91.3 cm³/mol. The lowest BCUT2D eigenvalue weighted by Gasteiger charge is -2.46. The number of carbonyl (C=O) groups is 1. The summed E-state index contributed by atoms with van der Waals surface area (Å²) in [5, 5.41) is 3.69. The molecule has 126 valence electrons. The molecule has 2 aliphatic rings. The molecule has 0 unspecified atom stereocenters. The Balaban J connectivity index is 1.42. The largest absolute Gasteiger partial charge is 0.363 e. The third-order valence-corrected chi connectivity index (χ3v) is 5.30. The van der Waals surface area contributed by atoms with Gasteiger partial charge in [0.2, 0.25) is 5.91 Å². The lowest BCUT2D eigenvalue weighted by molar-refractivity contribution is -0.169. The molecule has 1 saturated carbocycles. The monoisotopic (exact) mass is 316 g/mol. The zero-order valence-electron chi connectivity index (χ0n) is 14.1. The van der Waals surface area contributed by atoms with E-state index in [2.05, 4.69) is 35.6 Å². The van der Waals surface area contributed by atoms with E-state index in [1.807, 2.05) is 11.8 Å². The number of benzene rings is 1. The molecule has 1 N–H and O–H groups in total. The fraction of sp³-hybridized carbons (Fsp3) is 0.632. The number of morpholine rings is 1. The quantitative estimate of drug-likeness (QED) is 0.907. The van der Waals surface area contributed by atoms with Gasteiger partial charge in [-0.2, -0.15) is 0 Å². The zero-order chi connectivity index (χ0) is 16.1. The maximum absolute atomic E-state index is 11.8. The van der Waals surface area contributed by atoms with Crippen molar-refractivity contribution in [1.82, 2.24) is 10.2 Å². The summed E-state index contributed by atoms with van der Waals surface area (Å²) in [6.45, 7) is 4.91. The summed E-state index contributed by atoms with van der Waals surface area (Å²) < 4.78 is 5.95. The van der Waals surface area contributed by atoms with Crippen molar-refractivity contribution in [3.8, 4) is 0 Å². The maximum atomic E-state index is 11.8. The normalized spacial score (nSPS) is 28.3. The molecule has 1 aromatic rings. The van der Waals surface area contributed by atoms with Crippen LogP contribution in [0, 0.1) is 0 Å². The fourth-order valence-electron chi connectivity index (χ4n) is 3.79. The smallest absolute Gasteiger partial charge is 0.248 e. The van der Waals surface area contributed by atoms with Crippen LogP contribution in [0.1, 0.15) is 38.2 Å². The molecule has 0 atom stereocenters. The number of hydrogen-bond donors (Lipinski definition) is 1. The van der Waals surface area contributed by atoms with Gasteiger partial charge in [0.25, 0.3) is 0 Å². The van der Waals surface area contributed by atoms with E-state index in [1.54, 1.807) is 0 Å². The first-order valence-corrected chi connectivity index (χ1v) is 8.90. The lowest BCUT2D eigenvalue weighted by atomic mass is 9.80. The van der Waals surface area contributed by atoms with Crippen LogP contribution in [0.4, 0.5) is 0 Å². The number of carbonyl (C=O) groups excluding carboxylic acids is 1. The highest BCUT2D eigenvalue weighted by atomic mass is 16.5. The van der Waals surface area contributed by atoms with E-state index in [0.29, 0.717) is 6.04 Å². The molecule has 1 saturated heterocycles. The minimum absolute atomic E-state index is 0.0818. The van der Waals surface area contributed by atoms with E-state index in [4.69, 9.17) is 4.74 Å². The molecule has 23 heavy (non-hydrogen) atoms. The van der Waals surface area contributed by atoms with Gasteiger partial charge >= 0.3 is 0 Å². The molecule has 3 rings (SSSR count). The second-order valence-corrected chi connectivity index (χ2v) is 6.84. The third kappa shape index (κ3) is 4.12. The van der Waals surface area contributed by atoms with Gasteiger partial charge in [-0.15, -0.1) is 0 Å². The van der Waals surface area contributed by atoms with E-state index in [1.165, 1.54) is 5.56 Å². The average molecular weight is 316 g/mol. The predicted octanol–water partition coefficient (Wildman–Crippen LogP) is 2.38. The molecule has 1 spiro atoms. The Morgan fingerprint density at radius 3 is 2.70 bits per heavy atom. The number of rotatable bonds is 5. The van der Waals surface area contributed by atoms with E-state index >= 15 is 0 Å². The van der Waals surface area contributed by atoms with Crippen molar-refractivity contribution in [3.05, 3.63) is 35.9 Å². The van der Waals surface area contributed by atoms with Crippen molar-refractivity contribution in [2.24, 2.45) is 0 Å². The number of nitrogens with one attached hydrogen (secondary N) is 1. The molecule has 1 aliphatic carbocycles. The summed E-state index contributed by atoms with van der Waals surface area (Å²) in [7, 11) is 0. The minimum atomic E-state index is -0.0818. The second-order valence-electron chi connectivity index (χ2n) is 6.84. The van der Waals surface area contributed by atoms with E-state index in [-0.39, 0.29) is 18.1 Å². The molecule has 2 fully saturated rings. The summed E-state index contributed by atoms with van der Waals surface area (Å²) in [5.41, 5.74) is 1.31. The van der Waals surface area contributed by atoms with Crippen LogP contribution in [0.25, 0.3) is 0 Å². The first-order valence-electron chi connectivity index (χ1n) is 8.90.